The van der Waals surface area contributed by atoms with Crippen molar-refractivity contribution in [1.82, 2.24) is 19.5 Å². The van der Waals surface area contributed by atoms with Gasteiger partial charge >= 0.3 is 0 Å². The van der Waals surface area contributed by atoms with Crippen LogP contribution in [0.3, 0.4) is 0 Å². The highest BCUT2D eigenvalue weighted by molar-refractivity contribution is 5.69. The summed E-state index contributed by atoms with van der Waals surface area (Å²) in [6.45, 7) is 0. The summed E-state index contributed by atoms with van der Waals surface area (Å²) in [4.78, 5) is 12.7. The summed E-state index contributed by atoms with van der Waals surface area (Å²) >= 11 is 0. The second-order valence-electron chi connectivity index (χ2n) is 6.29. The average molecular weight is 304 g/mol. The molecule has 1 aliphatic carbocycles. The van der Waals surface area contributed by atoms with Crippen LogP contribution in [0.15, 0.2) is 49.3 Å². The maximum Gasteiger partial charge on any atom is 0.115 e. The molecule has 0 bridgehead atoms. The lowest BCUT2D eigenvalue weighted by Gasteiger charge is -2.34. The Hall–Kier alpha value is -2.53. The molecule has 3 heterocycles. The fourth-order valence-electron chi connectivity index (χ4n) is 4.15. The molecular formula is C18H16N4O. The van der Waals surface area contributed by atoms with Gasteiger partial charge in [-0.2, -0.15) is 0 Å². The smallest absolute Gasteiger partial charge is 0.115 e. The predicted octanol–water partition coefficient (Wildman–Crippen LogP) is 2.54. The minimum Gasteiger partial charge on any atom is -0.388 e. The number of aliphatic hydroxyl groups excluding tert-OH is 1. The molecule has 0 amide bonds. The van der Waals surface area contributed by atoms with E-state index < -0.39 is 6.10 Å². The van der Waals surface area contributed by atoms with Crippen molar-refractivity contribution in [2.24, 2.45) is 5.92 Å². The number of aryl methyl sites for hydroxylation is 1. The number of aromatic nitrogens is 4. The standard InChI is InChI=1S/C18H16N4O/c23-18-13(5-6-15-14(18)7-19-9-21-15)17-12-4-2-1-3-11(12)16-8-20-10-22(16)17/h1-4,7-10,13,17-18,23H,5-6H2/t13-,17+,18-/m1/s1. The molecule has 5 rings (SSSR count). The van der Waals surface area contributed by atoms with Gasteiger partial charge in [-0.3, -0.25) is 0 Å². The molecule has 2 aromatic heterocycles. The summed E-state index contributed by atoms with van der Waals surface area (Å²) in [7, 11) is 0. The highest BCUT2D eigenvalue weighted by Gasteiger charge is 2.40. The number of hydrogen-bond acceptors (Lipinski definition) is 4. The first-order chi connectivity index (χ1) is 11.3. The van der Waals surface area contributed by atoms with Crippen LogP contribution >= 0.6 is 0 Å². The van der Waals surface area contributed by atoms with E-state index in [1.54, 1.807) is 12.5 Å². The normalized spacial score (nSPS) is 24.8. The summed E-state index contributed by atoms with van der Waals surface area (Å²) in [6, 6.07) is 8.54. The molecule has 0 radical (unpaired) electrons. The topological polar surface area (TPSA) is 63.8 Å². The van der Waals surface area contributed by atoms with Crippen molar-refractivity contribution in [1.29, 1.82) is 0 Å². The minimum absolute atomic E-state index is 0.102. The first kappa shape index (κ1) is 13.0. The number of fused-ring (bicyclic) bond motifs is 4. The van der Waals surface area contributed by atoms with E-state index in [2.05, 4.69) is 43.8 Å². The van der Waals surface area contributed by atoms with Crippen molar-refractivity contribution in [3.63, 3.8) is 0 Å². The van der Waals surface area contributed by atoms with Gasteiger partial charge in [0, 0.05) is 28.9 Å². The molecule has 5 nitrogen and oxygen atoms in total. The summed E-state index contributed by atoms with van der Waals surface area (Å²) in [6.07, 6.45) is 8.34. The van der Waals surface area contributed by atoms with Crippen molar-refractivity contribution in [2.45, 2.75) is 25.0 Å². The maximum absolute atomic E-state index is 11.0. The first-order valence-corrected chi connectivity index (χ1v) is 7.92. The zero-order valence-electron chi connectivity index (χ0n) is 12.5. The summed E-state index contributed by atoms with van der Waals surface area (Å²) in [5, 5.41) is 11.0. The molecule has 3 aromatic rings. The Bertz CT molecular complexity index is 888. The van der Waals surface area contributed by atoms with Crippen LogP contribution in [0.25, 0.3) is 11.3 Å². The average Bonchev–Trinajstić information content (AvgIpc) is 3.17. The van der Waals surface area contributed by atoms with Crippen LogP contribution in [0.4, 0.5) is 0 Å². The Balaban J connectivity index is 1.64. The van der Waals surface area contributed by atoms with Crippen LogP contribution in [0.1, 0.15) is 35.4 Å². The number of imidazole rings is 1. The Morgan fingerprint density at radius 2 is 2.00 bits per heavy atom. The van der Waals surface area contributed by atoms with Crippen molar-refractivity contribution in [3.05, 3.63) is 66.1 Å². The van der Waals surface area contributed by atoms with Crippen molar-refractivity contribution in [3.8, 4) is 11.3 Å². The summed E-state index contributed by atoms with van der Waals surface area (Å²) in [5.74, 6) is 0.102. The number of hydrogen-bond donors (Lipinski definition) is 1. The molecule has 1 N–H and O–H groups in total. The second kappa shape index (κ2) is 4.73. The van der Waals surface area contributed by atoms with Crippen LogP contribution in [-0.2, 0) is 6.42 Å². The van der Waals surface area contributed by atoms with Gasteiger partial charge in [-0.05, 0) is 18.4 Å². The summed E-state index contributed by atoms with van der Waals surface area (Å²) in [5.41, 5.74) is 5.47. The minimum atomic E-state index is -0.550. The molecule has 0 saturated heterocycles. The molecule has 3 atom stereocenters. The molecular weight excluding hydrogens is 288 g/mol. The quantitative estimate of drug-likeness (QED) is 0.750. The third kappa shape index (κ3) is 1.74. The van der Waals surface area contributed by atoms with Crippen molar-refractivity contribution < 1.29 is 5.11 Å². The number of nitrogens with zero attached hydrogens (tertiary/aromatic N) is 4. The lowest BCUT2D eigenvalue weighted by atomic mass is 9.78. The highest BCUT2D eigenvalue weighted by Crippen LogP contribution is 2.49. The number of benzene rings is 1. The van der Waals surface area contributed by atoms with E-state index in [4.69, 9.17) is 0 Å². The van der Waals surface area contributed by atoms with E-state index in [1.165, 1.54) is 11.1 Å². The molecule has 5 heteroatoms. The van der Waals surface area contributed by atoms with E-state index in [9.17, 15) is 5.11 Å². The van der Waals surface area contributed by atoms with Crippen LogP contribution in [0.2, 0.25) is 0 Å². The Labute approximate surface area is 133 Å². The van der Waals surface area contributed by atoms with Crippen molar-refractivity contribution >= 4 is 0 Å². The Kier molecular flexibility index (Phi) is 2.67. The van der Waals surface area contributed by atoms with Gasteiger partial charge in [-0.25, -0.2) is 15.0 Å². The second-order valence-corrected chi connectivity index (χ2v) is 6.29. The third-order valence-corrected chi connectivity index (χ3v) is 5.19. The zero-order chi connectivity index (χ0) is 15.4. The molecule has 0 unspecified atom stereocenters. The number of rotatable bonds is 1. The van der Waals surface area contributed by atoms with Crippen LogP contribution < -0.4 is 0 Å². The van der Waals surface area contributed by atoms with Gasteiger partial charge in [-0.1, -0.05) is 24.3 Å². The third-order valence-electron chi connectivity index (χ3n) is 5.19. The first-order valence-electron chi connectivity index (χ1n) is 7.92. The summed E-state index contributed by atoms with van der Waals surface area (Å²) < 4.78 is 2.20. The van der Waals surface area contributed by atoms with E-state index in [1.807, 2.05) is 12.5 Å². The molecule has 1 aromatic carbocycles. The van der Waals surface area contributed by atoms with E-state index in [-0.39, 0.29) is 12.0 Å². The van der Waals surface area contributed by atoms with Gasteiger partial charge < -0.3 is 9.67 Å². The van der Waals surface area contributed by atoms with Gasteiger partial charge in [0.25, 0.3) is 0 Å². The maximum atomic E-state index is 11.0. The Morgan fingerprint density at radius 1 is 1.09 bits per heavy atom. The van der Waals surface area contributed by atoms with E-state index >= 15 is 0 Å². The lowest BCUT2D eigenvalue weighted by Crippen LogP contribution is -2.29. The van der Waals surface area contributed by atoms with Gasteiger partial charge in [0.2, 0.25) is 0 Å². The zero-order valence-corrected chi connectivity index (χ0v) is 12.5. The SMILES string of the molecule is O[C@H]1c2cncnc2CC[C@@H]1[C@@H]1c2ccccc2-c2cncn21. The van der Waals surface area contributed by atoms with Gasteiger partial charge in [0.1, 0.15) is 6.33 Å². The lowest BCUT2D eigenvalue weighted by molar-refractivity contribution is 0.0706. The van der Waals surface area contributed by atoms with E-state index in [0.717, 1.165) is 29.8 Å². The van der Waals surface area contributed by atoms with Crippen LogP contribution in [-0.4, -0.2) is 24.6 Å². The van der Waals surface area contributed by atoms with Crippen LogP contribution in [0, 0.1) is 5.92 Å². The monoisotopic (exact) mass is 304 g/mol. The molecule has 2 aliphatic rings. The van der Waals surface area contributed by atoms with Gasteiger partial charge in [0.05, 0.1) is 30.4 Å². The number of aliphatic hydroxyl groups is 1. The van der Waals surface area contributed by atoms with E-state index in [0.29, 0.717) is 0 Å². The highest BCUT2D eigenvalue weighted by atomic mass is 16.3. The molecule has 23 heavy (non-hydrogen) atoms. The fourth-order valence-corrected chi connectivity index (χ4v) is 4.15. The van der Waals surface area contributed by atoms with Gasteiger partial charge in [0.15, 0.2) is 0 Å². The Morgan fingerprint density at radius 3 is 2.96 bits per heavy atom. The predicted molar refractivity (Wildman–Crippen MR) is 84.6 cm³/mol. The van der Waals surface area contributed by atoms with Crippen LogP contribution in [0.5, 0.6) is 0 Å². The van der Waals surface area contributed by atoms with Crippen molar-refractivity contribution in [2.75, 3.05) is 0 Å². The van der Waals surface area contributed by atoms with Gasteiger partial charge in [-0.15, -0.1) is 0 Å². The molecule has 1 aliphatic heterocycles. The molecule has 0 spiro atoms. The largest absolute Gasteiger partial charge is 0.388 e. The molecule has 0 fully saturated rings. The molecule has 114 valence electrons. The molecule has 0 saturated carbocycles. The fraction of sp³-hybridized carbons (Fsp3) is 0.278.